The number of hydrogen-bond acceptors (Lipinski definition) is 7. The molecule has 9 heteroatoms. The van der Waals surface area contributed by atoms with Crippen LogP contribution in [0.3, 0.4) is 0 Å². The van der Waals surface area contributed by atoms with Crippen LogP contribution < -0.4 is 21.5 Å². The Morgan fingerprint density at radius 1 is 1.53 bits per heavy atom. The van der Waals surface area contributed by atoms with Crippen molar-refractivity contribution in [3.63, 3.8) is 0 Å². The van der Waals surface area contributed by atoms with Crippen molar-refractivity contribution in [3.05, 3.63) is 6.20 Å². The number of nitrogens with zero attached hydrogens (tertiary/aromatic N) is 4. The van der Waals surface area contributed by atoms with Crippen molar-refractivity contribution < 1.29 is 4.79 Å². The fourth-order valence-corrected chi connectivity index (χ4v) is 1.68. The molecular formula is C10H16N8O. The summed E-state index contributed by atoms with van der Waals surface area (Å²) >= 11 is 0. The fraction of sp³-hybridized carbons (Fsp3) is 0.400. The molecule has 5 N–H and O–H groups in total. The summed E-state index contributed by atoms with van der Waals surface area (Å²) in [4.78, 5) is 21.5. The standard InChI is InChI=1S/C10H16N8O/c1-12-7(19)3-4-18(2)9-6-5-13-17-8(6)14-10(15-9)16-11/h5H,3-4,11H2,1-2H3,(H,12,19)(H2,13,14,15,16,17). The Morgan fingerprint density at radius 2 is 2.32 bits per heavy atom. The van der Waals surface area contributed by atoms with Gasteiger partial charge in [0.25, 0.3) is 0 Å². The summed E-state index contributed by atoms with van der Waals surface area (Å²) in [5.74, 6) is 6.26. The van der Waals surface area contributed by atoms with E-state index in [1.807, 2.05) is 11.9 Å². The summed E-state index contributed by atoms with van der Waals surface area (Å²) in [7, 11) is 3.45. The minimum atomic E-state index is -0.0264. The van der Waals surface area contributed by atoms with E-state index >= 15 is 0 Å². The molecule has 0 saturated heterocycles. The summed E-state index contributed by atoms with van der Waals surface area (Å²) < 4.78 is 0. The maximum atomic E-state index is 11.3. The van der Waals surface area contributed by atoms with Crippen molar-refractivity contribution in [1.29, 1.82) is 0 Å². The second-order valence-electron chi connectivity index (χ2n) is 3.99. The van der Waals surface area contributed by atoms with Gasteiger partial charge in [0.05, 0.1) is 11.6 Å². The first-order chi connectivity index (χ1) is 9.15. The van der Waals surface area contributed by atoms with Gasteiger partial charge in [0.1, 0.15) is 5.82 Å². The number of fused-ring (bicyclic) bond motifs is 1. The van der Waals surface area contributed by atoms with E-state index in [0.29, 0.717) is 30.4 Å². The van der Waals surface area contributed by atoms with Gasteiger partial charge in [-0.2, -0.15) is 15.1 Å². The van der Waals surface area contributed by atoms with E-state index in [2.05, 4.69) is 30.9 Å². The summed E-state index contributed by atoms with van der Waals surface area (Å²) in [6, 6.07) is 0. The summed E-state index contributed by atoms with van der Waals surface area (Å²) in [6.07, 6.45) is 2.02. The second kappa shape index (κ2) is 5.48. The van der Waals surface area contributed by atoms with Crippen LogP contribution in [0.1, 0.15) is 6.42 Å². The molecule has 0 aliphatic heterocycles. The highest BCUT2D eigenvalue weighted by Gasteiger charge is 2.13. The van der Waals surface area contributed by atoms with Crippen LogP contribution in [0.15, 0.2) is 6.20 Å². The van der Waals surface area contributed by atoms with Crippen LogP contribution in [0.25, 0.3) is 11.0 Å². The average molecular weight is 264 g/mol. The lowest BCUT2D eigenvalue weighted by atomic mass is 10.3. The monoisotopic (exact) mass is 264 g/mol. The van der Waals surface area contributed by atoms with Gasteiger partial charge in [-0.15, -0.1) is 0 Å². The Labute approximate surface area is 109 Å². The first-order valence-corrected chi connectivity index (χ1v) is 5.75. The number of H-pyrrole nitrogens is 1. The number of aromatic amines is 1. The lowest BCUT2D eigenvalue weighted by molar-refractivity contribution is -0.120. The predicted molar refractivity (Wildman–Crippen MR) is 71.4 cm³/mol. The smallest absolute Gasteiger partial charge is 0.241 e. The molecule has 0 atom stereocenters. The zero-order valence-corrected chi connectivity index (χ0v) is 10.8. The van der Waals surface area contributed by atoms with E-state index < -0.39 is 0 Å². The molecule has 0 aliphatic carbocycles. The maximum Gasteiger partial charge on any atom is 0.241 e. The van der Waals surface area contributed by atoms with Crippen LogP contribution >= 0.6 is 0 Å². The van der Waals surface area contributed by atoms with Gasteiger partial charge in [0.15, 0.2) is 5.65 Å². The Hall–Kier alpha value is -2.42. The molecule has 0 spiro atoms. The molecule has 2 heterocycles. The highest BCUT2D eigenvalue weighted by Crippen LogP contribution is 2.22. The lowest BCUT2D eigenvalue weighted by Crippen LogP contribution is -2.27. The SMILES string of the molecule is CNC(=O)CCN(C)c1nc(NN)nc2[nH]ncc12. The first-order valence-electron chi connectivity index (χ1n) is 5.75. The minimum Gasteiger partial charge on any atom is -0.359 e. The van der Waals surface area contributed by atoms with Crippen LogP contribution in [0.2, 0.25) is 0 Å². The van der Waals surface area contributed by atoms with Gasteiger partial charge >= 0.3 is 0 Å². The third-order valence-electron chi connectivity index (χ3n) is 2.73. The Balaban J connectivity index is 2.27. The van der Waals surface area contributed by atoms with Gasteiger partial charge in [-0.25, -0.2) is 5.84 Å². The normalized spacial score (nSPS) is 10.5. The Morgan fingerprint density at radius 3 is 3.00 bits per heavy atom. The molecule has 0 aliphatic rings. The van der Waals surface area contributed by atoms with Crippen molar-refractivity contribution in [2.45, 2.75) is 6.42 Å². The fourth-order valence-electron chi connectivity index (χ4n) is 1.68. The quantitative estimate of drug-likeness (QED) is 0.412. The molecule has 19 heavy (non-hydrogen) atoms. The van der Waals surface area contributed by atoms with Crippen LogP contribution in [0.4, 0.5) is 11.8 Å². The van der Waals surface area contributed by atoms with E-state index in [4.69, 9.17) is 5.84 Å². The summed E-state index contributed by atoms with van der Waals surface area (Å²) in [5, 5.41) is 10.0. The second-order valence-corrected chi connectivity index (χ2v) is 3.99. The van der Waals surface area contributed by atoms with Gasteiger partial charge in [-0.05, 0) is 0 Å². The number of amides is 1. The third kappa shape index (κ3) is 2.71. The zero-order chi connectivity index (χ0) is 13.8. The topological polar surface area (TPSA) is 125 Å². The summed E-state index contributed by atoms with van der Waals surface area (Å²) in [6.45, 7) is 0.529. The van der Waals surface area contributed by atoms with E-state index in [0.717, 1.165) is 5.39 Å². The van der Waals surface area contributed by atoms with Crippen molar-refractivity contribution in [1.82, 2.24) is 25.5 Å². The molecule has 1 amide bonds. The van der Waals surface area contributed by atoms with Crippen LogP contribution in [0.5, 0.6) is 0 Å². The lowest BCUT2D eigenvalue weighted by Gasteiger charge is -2.18. The van der Waals surface area contributed by atoms with Crippen molar-refractivity contribution in [2.24, 2.45) is 5.84 Å². The van der Waals surface area contributed by atoms with E-state index in [-0.39, 0.29) is 5.91 Å². The highest BCUT2D eigenvalue weighted by molar-refractivity contribution is 5.87. The molecule has 0 radical (unpaired) electrons. The van der Waals surface area contributed by atoms with Crippen molar-refractivity contribution in [3.8, 4) is 0 Å². The Bertz CT molecular complexity index is 580. The van der Waals surface area contributed by atoms with Crippen molar-refractivity contribution >= 4 is 28.7 Å². The van der Waals surface area contributed by atoms with Gasteiger partial charge in [-0.1, -0.05) is 0 Å². The molecule has 0 bridgehead atoms. The number of anilines is 2. The average Bonchev–Trinajstić information content (AvgIpc) is 2.91. The van der Waals surface area contributed by atoms with Crippen LogP contribution in [-0.4, -0.2) is 46.7 Å². The molecule has 9 nitrogen and oxygen atoms in total. The van der Waals surface area contributed by atoms with Crippen molar-refractivity contribution in [2.75, 3.05) is 31.0 Å². The highest BCUT2D eigenvalue weighted by atomic mass is 16.1. The van der Waals surface area contributed by atoms with Gasteiger partial charge in [0, 0.05) is 27.1 Å². The number of nitrogens with one attached hydrogen (secondary N) is 3. The molecule has 2 rings (SSSR count). The number of carbonyl (C=O) groups is 1. The number of carbonyl (C=O) groups excluding carboxylic acids is 1. The largest absolute Gasteiger partial charge is 0.359 e. The number of hydrazine groups is 1. The molecule has 0 aromatic carbocycles. The third-order valence-corrected chi connectivity index (χ3v) is 2.73. The van der Waals surface area contributed by atoms with Gasteiger partial charge in [-0.3, -0.25) is 15.3 Å². The molecule has 0 saturated carbocycles. The molecule has 2 aromatic heterocycles. The number of nitrogens with two attached hydrogens (primary N) is 1. The maximum absolute atomic E-state index is 11.3. The predicted octanol–water partition coefficient (Wildman–Crippen LogP) is -0.789. The number of aromatic nitrogens is 4. The molecule has 0 fully saturated rings. The van der Waals surface area contributed by atoms with Gasteiger partial charge < -0.3 is 10.2 Å². The van der Waals surface area contributed by atoms with Gasteiger partial charge in [0.2, 0.25) is 11.9 Å². The van der Waals surface area contributed by atoms with E-state index in [1.165, 1.54) is 0 Å². The Kier molecular flexibility index (Phi) is 3.76. The van der Waals surface area contributed by atoms with Crippen LogP contribution in [-0.2, 0) is 4.79 Å². The molecular weight excluding hydrogens is 248 g/mol. The summed E-state index contributed by atoms with van der Waals surface area (Å²) in [5.41, 5.74) is 2.99. The van der Waals surface area contributed by atoms with E-state index in [9.17, 15) is 4.79 Å². The number of rotatable bonds is 5. The minimum absolute atomic E-state index is 0.0264. The zero-order valence-electron chi connectivity index (χ0n) is 10.8. The number of nitrogen functional groups attached to an aromatic ring is 1. The first kappa shape index (κ1) is 13.0. The molecule has 0 unspecified atom stereocenters. The molecule has 102 valence electrons. The van der Waals surface area contributed by atoms with E-state index in [1.54, 1.807) is 13.2 Å². The number of hydrogen-bond donors (Lipinski definition) is 4. The molecule has 2 aromatic rings. The van der Waals surface area contributed by atoms with Crippen LogP contribution in [0, 0.1) is 0 Å².